The van der Waals surface area contributed by atoms with Crippen molar-refractivity contribution in [2.45, 2.75) is 6.54 Å². The summed E-state index contributed by atoms with van der Waals surface area (Å²) in [7, 11) is 0. The van der Waals surface area contributed by atoms with Gasteiger partial charge in [0.1, 0.15) is 5.70 Å². The van der Waals surface area contributed by atoms with Gasteiger partial charge >= 0.3 is 0 Å². The number of hydrogen-bond acceptors (Lipinski definition) is 3. The van der Waals surface area contributed by atoms with Crippen molar-refractivity contribution in [2.24, 2.45) is 0 Å². The first-order chi connectivity index (χ1) is 14.8. The first kappa shape index (κ1) is 22.2. The Balaban J connectivity index is 1.86. The lowest BCUT2D eigenvalue weighted by Crippen LogP contribution is -2.34. The van der Waals surface area contributed by atoms with Gasteiger partial charge < -0.3 is 16.4 Å². The van der Waals surface area contributed by atoms with Crippen molar-refractivity contribution in [3.05, 3.63) is 105 Å². The lowest BCUT2D eigenvalue weighted by Gasteiger charge is -2.12. The van der Waals surface area contributed by atoms with Gasteiger partial charge in [0.15, 0.2) is 11.6 Å². The third kappa shape index (κ3) is 5.99. The van der Waals surface area contributed by atoms with Crippen molar-refractivity contribution >= 4 is 39.5 Å². The molecule has 0 aliphatic heterocycles. The zero-order chi connectivity index (χ0) is 22.4. The number of amides is 2. The molecule has 3 aromatic rings. The number of carbonyl (C=O) groups excluding carboxylic acids is 2. The molecule has 0 aromatic heterocycles. The summed E-state index contributed by atoms with van der Waals surface area (Å²) in [5, 5.41) is 5.23. The van der Waals surface area contributed by atoms with Gasteiger partial charge in [-0.15, -0.1) is 0 Å². The van der Waals surface area contributed by atoms with Gasteiger partial charge in [0.05, 0.1) is 5.56 Å². The predicted octanol–water partition coefficient (Wildman–Crippen LogP) is 4.40. The minimum Gasteiger partial charge on any atom is -0.399 e. The molecule has 0 aliphatic rings. The van der Waals surface area contributed by atoms with Gasteiger partial charge in [-0.1, -0.05) is 30.3 Å². The largest absolute Gasteiger partial charge is 0.399 e. The topological polar surface area (TPSA) is 84.2 Å². The summed E-state index contributed by atoms with van der Waals surface area (Å²) >= 11 is 3.29. The maximum absolute atomic E-state index is 13.6. The molecular formula is C23H18BrF2N3O2. The molecule has 8 heteroatoms. The minimum atomic E-state index is -1.06. The normalized spacial score (nSPS) is 11.1. The Labute approximate surface area is 186 Å². The second-order valence-electron chi connectivity index (χ2n) is 6.59. The highest BCUT2D eigenvalue weighted by Crippen LogP contribution is 2.17. The molecular weight excluding hydrogens is 468 g/mol. The summed E-state index contributed by atoms with van der Waals surface area (Å²) in [5.74, 6) is -3.22. The van der Waals surface area contributed by atoms with Gasteiger partial charge in [-0.2, -0.15) is 0 Å². The van der Waals surface area contributed by atoms with Crippen molar-refractivity contribution in [2.75, 3.05) is 5.73 Å². The third-order valence-corrected chi connectivity index (χ3v) is 4.96. The van der Waals surface area contributed by atoms with Crippen molar-refractivity contribution in [1.29, 1.82) is 0 Å². The highest BCUT2D eigenvalue weighted by atomic mass is 79.9. The smallest absolute Gasteiger partial charge is 0.268 e. The highest BCUT2D eigenvalue weighted by Gasteiger charge is 2.16. The molecule has 5 nitrogen and oxygen atoms in total. The molecule has 3 aromatic carbocycles. The van der Waals surface area contributed by atoms with Crippen molar-refractivity contribution < 1.29 is 18.4 Å². The molecule has 0 fully saturated rings. The number of nitrogens with two attached hydrogens (primary N) is 1. The molecule has 4 N–H and O–H groups in total. The van der Waals surface area contributed by atoms with E-state index in [0.717, 1.165) is 17.7 Å². The van der Waals surface area contributed by atoms with Crippen LogP contribution in [0.5, 0.6) is 0 Å². The maximum Gasteiger partial charge on any atom is 0.268 e. The van der Waals surface area contributed by atoms with Crippen LogP contribution in [0.4, 0.5) is 14.5 Å². The SMILES string of the molecule is Nc1cccc(CNC(=O)C(=Cc2ccc(F)c(F)c2)NC(=O)c2ccccc2Br)c1. The van der Waals surface area contributed by atoms with Gasteiger partial charge in [0.25, 0.3) is 11.8 Å². The van der Waals surface area contributed by atoms with Crippen LogP contribution in [-0.4, -0.2) is 11.8 Å². The predicted molar refractivity (Wildman–Crippen MR) is 119 cm³/mol. The minimum absolute atomic E-state index is 0.129. The molecule has 31 heavy (non-hydrogen) atoms. The van der Waals surface area contributed by atoms with Gasteiger partial charge in [0, 0.05) is 16.7 Å². The quantitative estimate of drug-likeness (QED) is 0.357. The molecule has 0 spiro atoms. The fourth-order valence-corrected chi connectivity index (χ4v) is 3.21. The summed E-state index contributed by atoms with van der Waals surface area (Å²) < 4.78 is 27.4. The van der Waals surface area contributed by atoms with E-state index in [1.54, 1.807) is 48.5 Å². The molecule has 0 saturated heterocycles. The highest BCUT2D eigenvalue weighted by molar-refractivity contribution is 9.10. The van der Waals surface area contributed by atoms with Gasteiger partial charge in [-0.25, -0.2) is 8.78 Å². The third-order valence-electron chi connectivity index (χ3n) is 4.27. The van der Waals surface area contributed by atoms with Gasteiger partial charge in [0.2, 0.25) is 0 Å². The van der Waals surface area contributed by atoms with Crippen molar-refractivity contribution in [1.82, 2.24) is 10.6 Å². The van der Waals surface area contributed by atoms with Gasteiger partial charge in [-0.3, -0.25) is 9.59 Å². The summed E-state index contributed by atoms with van der Waals surface area (Å²) in [5.41, 5.74) is 7.44. The van der Waals surface area contributed by atoms with Crippen LogP contribution in [0, 0.1) is 11.6 Å². The first-order valence-corrected chi connectivity index (χ1v) is 9.98. The number of nitrogens with one attached hydrogen (secondary N) is 2. The zero-order valence-corrected chi connectivity index (χ0v) is 17.7. The van der Waals surface area contributed by atoms with Crippen LogP contribution in [0.25, 0.3) is 6.08 Å². The van der Waals surface area contributed by atoms with Crippen LogP contribution in [0.1, 0.15) is 21.5 Å². The molecule has 2 amide bonds. The van der Waals surface area contributed by atoms with Crippen LogP contribution < -0.4 is 16.4 Å². The van der Waals surface area contributed by atoms with Crippen LogP contribution in [0.15, 0.2) is 76.9 Å². The second kappa shape index (κ2) is 9.99. The Kier molecular flexibility index (Phi) is 7.15. The van der Waals surface area contributed by atoms with E-state index in [1.807, 2.05) is 0 Å². The monoisotopic (exact) mass is 485 g/mol. The number of nitrogen functional groups attached to an aromatic ring is 1. The Morgan fingerprint density at radius 1 is 0.968 bits per heavy atom. The maximum atomic E-state index is 13.6. The van der Waals surface area contributed by atoms with E-state index < -0.39 is 23.4 Å². The van der Waals surface area contributed by atoms with E-state index in [0.29, 0.717) is 15.7 Å². The molecule has 0 aliphatic carbocycles. The second-order valence-corrected chi connectivity index (χ2v) is 7.45. The summed E-state index contributed by atoms with van der Waals surface area (Å²) in [6.07, 6.45) is 1.27. The number of halogens is 3. The summed E-state index contributed by atoms with van der Waals surface area (Å²) in [6.45, 7) is 0.157. The van der Waals surface area contributed by atoms with E-state index in [2.05, 4.69) is 26.6 Å². The number of anilines is 1. The standard InChI is InChI=1S/C23H18BrF2N3O2/c24-18-7-2-1-6-17(18)22(30)29-21(12-14-8-9-19(25)20(26)11-14)23(31)28-13-15-4-3-5-16(27)10-15/h1-12H,13,27H2,(H,28,31)(H,29,30). The molecule has 0 atom stereocenters. The average molecular weight is 486 g/mol. The Bertz CT molecular complexity index is 1170. The van der Waals surface area contributed by atoms with Crippen molar-refractivity contribution in [3.8, 4) is 0 Å². The van der Waals surface area contributed by atoms with E-state index >= 15 is 0 Å². The Hall–Kier alpha value is -3.52. The molecule has 0 bridgehead atoms. The molecule has 0 radical (unpaired) electrons. The van der Waals surface area contributed by atoms with E-state index in [-0.39, 0.29) is 17.8 Å². The van der Waals surface area contributed by atoms with Crippen LogP contribution in [0.2, 0.25) is 0 Å². The van der Waals surface area contributed by atoms with E-state index in [1.165, 1.54) is 12.1 Å². The molecule has 0 saturated carbocycles. The average Bonchev–Trinajstić information content (AvgIpc) is 2.74. The number of rotatable bonds is 6. The molecule has 0 unspecified atom stereocenters. The molecule has 0 heterocycles. The Morgan fingerprint density at radius 3 is 2.45 bits per heavy atom. The molecule has 3 rings (SSSR count). The number of hydrogen-bond donors (Lipinski definition) is 3. The lowest BCUT2D eigenvalue weighted by molar-refractivity contribution is -0.117. The zero-order valence-electron chi connectivity index (χ0n) is 16.2. The Morgan fingerprint density at radius 2 is 1.74 bits per heavy atom. The van der Waals surface area contributed by atoms with Gasteiger partial charge in [-0.05, 0) is 69.5 Å². The van der Waals surface area contributed by atoms with Crippen LogP contribution >= 0.6 is 15.9 Å². The van der Waals surface area contributed by atoms with E-state index in [9.17, 15) is 18.4 Å². The lowest BCUT2D eigenvalue weighted by atomic mass is 10.1. The molecule has 158 valence electrons. The van der Waals surface area contributed by atoms with Crippen LogP contribution in [-0.2, 0) is 11.3 Å². The van der Waals surface area contributed by atoms with Crippen LogP contribution in [0.3, 0.4) is 0 Å². The van der Waals surface area contributed by atoms with Crippen molar-refractivity contribution in [3.63, 3.8) is 0 Å². The summed E-state index contributed by atoms with van der Waals surface area (Å²) in [6, 6.07) is 16.8. The summed E-state index contributed by atoms with van der Waals surface area (Å²) in [4.78, 5) is 25.5. The number of benzene rings is 3. The van der Waals surface area contributed by atoms with E-state index in [4.69, 9.17) is 5.73 Å². The fraction of sp³-hybridized carbons (Fsp3) is 0.0435. The fourth-order valence-electron chi connectivity index (χ4n) is 2.74. The first-order valence-electron chi connectivity index (χ1n) is 9.19. The number of carbonyl (C=O) groups is 2.